The molecule has 4 rings (SSSR count). The lowest BCUT2D eigenvalue weighted by molar-refractivity contribution is -0.114. The van der Waals surface area contributed by atoms with E-state index >= 15 is 0 Å². The van der Waals surface area contributed by atoms with Gasteiger partial charge in [0, 0.05) is 50.2 Å². The van der Waals surface area contributed by atoms with E-state index in [-0.39, 0.29) is 5.91 Å². The van der Waals surface area contributed by atoms with Crippen molar-refractivity contribution in [2.45, 2.75) is 13.8 Å². The summed E-state index contributed by atoms with van der Waals surface area (Å²) in [7, 11) is 4.17. The van der Waals surface area contributed by atoms with Crippen LogP contribution in [0.2, 0.25) is 0 Å². The lowest BCUT2D eigenvalue weighted by atomic mass is 10.1. The van der Waals surface area contributed by atoms with Gasteiger partial charge in [-0.2, -0.15) is 0 Å². The van der Waals surface area contributed by atoms with Gasteiger partial charge in [-0.05, 0) is 68.5 Å². The molecule has 3 heterocycles. The lowest BCUT2D eigenvalue weighted by Gasteiger charge is -2.24. The number of imidazole rings is 1. The zero-order valence-electron chi connectivity index (χ0n) is 19.6. The molecule has 0 bridgehead atoms. The molecular formula is C26H30N6O. The lowest BCUT2D eigenvalue weighted by Crippen LogP contribution is -2.32. The van der Waals surface area contributed by atoms with Crippen molar-refractivity contribution in [3.05, 3.63) is 67.1 Å². The van der Waals surface area contributed by atoms with Gasteiger partial charge in [0.1, 0.15) is 11.5 Å². The predicted octanol–water partition coefficient (Wildman–Crippen LogP) is 4.41. The first kappa shape index (κ1) is 22.5. The minimum atomic E-state index is -0.0880. The molecule has 0 aliphatic carbocycles. The molecule has 0 fully saturated rings. The van der Waals surface area contributed by atoms with Crippen molar-refractivity contribution in [2.24, 2.45) is 0 Å². The second-order valence-electron chi connectivity index (χ2n) is 8.33. The summed E-state index contributed by atoms with van der Waals surface area (Å²) < 4.78 is 2.06. The minimum absolute atomic E-state index is 0.0880. The average Bonchev–Trinajstić information content (AvgIpc) is 3.22. The Labute approximate surface area is 194 Å². The van der Waals surface area contributed by atoms with Gasteiger partial charge in [-0.15, -0.1) is 0 Å². The zero-order chi connectivity index (χ0) is 23.4. The molecule has 0 aliphatic heterocycles. The standard InChI is InChI=1S/C26H30N6O/c1-5-31(14-13-30(3)4)25-16-20(9-11-27-25)21-10-12-32-24(18-28-26(32)17-21)22-7-6-8-23(15-22)29-19(2)33/h6-12,15-18H,5,13-14H2,1-4H3,(H,29,33). The molecule has 0 spiro atoms. The van der Waals surface area contributed by atoms with Crippen LogP contribution in [0.1, 0.15) is 13.8 Å². The van der Waals surface area contributed by atoms with Gasteiger partial charge in [0.25, 0.3) is 0 Å². The summed E-state index contributed by atoms with van der Waals surface area (Å²) in [5.41, 5.74) is 5.81. The third kappa shape index (κ3) is 5.21. The molecule has 7 nitrogen and oxygen atoms in total. The molecule has 4 aromatic rings. The summed E-state index contributed by atoms with van der Waals surface area (Å²) >= 11 is 0. The number of fused-ring (bicyclic) bond motifs is 1. The maximum atomic E-state index is 11.4. The highest BCUT2D eigenvalue weighted by atomic mass is 16.1. The second kappa shape index (κ2) is 9.83. The largest absolute Gasteiger partial charge is 0.356 e. The Morgan fingerprint density at radius 3 is 2.58 bits per heavy atom. The van der Waals surface area contributed by atoms with E-state index in [9.17, 15) is 4.79 Å². The number of carbonyl (C=O) groups is 1. The number of likely N-dealkylation sites (N-methyl/N-ethyl adjacent to an activating group) is 2. The SMILES string of the molecule is CCN(CCN(C)C)c1cc(-c2ccn3c(-c4cccc(NC(C)=O)c4)cnc3c2)ccn1. The number of hydrogen-bond acceptors (Lipinski definition) is 5. The van der Waals surface area contributed by atoms with E-state index in [0.717, 1.165) is 59.2 Å². The van der Waals surface area contributed by atoms with E-state index in [0.29, 0.717) is 0 Å². The van der Waals surface area contributed by atoms with Crippen LogP contribution in [0, 0.1) is 0 Å². The maximum absolute atomic E-state index is 11.4. The third-order valence-corrected chi connectivity index (χ3v) is 5.59. The molecule has 170 valence electrons. The Morgan fingerprint density at radius 1 is 1.00 bits per heavy atom. The van der Waals surface area contributed by atoms with E-state index in [1.807, 2.05) is 48.9 Å². The summed E-state index contributed by atoms with van der Waals surface area (Å²) in [5, 5.41) is 2.84. The molecular weight excluding hydrogens is 412 g/mol. The van der Waals surface area contributed by atoms with Gasteiger partial charge in [0.2, 0.25) is 5.91 Å². The van der Waals surface area contributed by atoms with Crippen molar-refractivity contribution in [3.8, 4) is 22.4 Å². The van der Waals surface area contributed by atoms with Gasteiger partial charge < -0.3 is 15.1 Å². The highest BCUT2D eigenvalue weighted by molar-refractivity contribution is 5.89. The summed E-state index contributed by atoms with van der Waals surface area (Å²) in [6.07, 6.45) is 5.78. The van der Waals surface area contributed by atoms with Crippen LogP contribution in [0.5, 0.6) is 0 Å². The smallest absolute Gasteiger partial charge is 0.221 e. The van der Waals surface area contributed by atoms with Crippen LogP contribution >= 0.6 is 0 Å². The van der Waals surface area contributed by atoms with Crippen LogP contribution in [0.4, 0.5) is 11.5 Å². The predicted molar refractivity (Wildman–Crippen MR) is 135 cm³/mol. The van der Waals surface area contributed by atoms with Gasteiger partial charge in [0.05, 0.1) is 11.9 Å². The first-order valence-corrected chi connectivity index (χ1v) is 11.2. The Kier molecular flexibility index (Phi) is 6.70. The average molecular weight is 443 g/mol. The van der Waals surface area contributed by atoms with Crippen molar-refractivity contribution in [2.75, 3.05) is 43.9 Å². The molecule has 0 saturated carbocycles. The fourth-order valence-corrected chi connectivity index (χ4v) is 3.86. The highest BCUT2D eigenvalue weighted by Gasteiger charge is 2.11. The third-order valence-electron chi connectivity index (χ3n) is 5.59. The van der Waals surface area contributed by atoms with Crippen molar-refractivity contribution >= 4 is 23.1 Å². The van der Waals surface area contributed by atoms with E-state index in [2.05, 4.69) is 68.7 Å². The minimum Gasteiger partial charge on any atom is -0.356 e. The summed E-state index contributed by atoms with van der Waals surface area (Å²) in [6.45, 7) is 6.48. The molecule has 1 N–H and O–H groups in total. The van der Waals surface area contributed by atoms with E-state index < -0.39 is 0 Å². The number of nitrogens with one attached hydrogen (secondary N) is 1. The van der Waals surface area contributed by atoms with Gasteiger partial charge in [-0.25, -0.2) is 9.97 Å². The van der Waals surface area contributed by atoms with Gasteiger partial charge in [0.15, 0.2) is 0 Å². The monoisotopic (exact) mass is 442 g/mol. The molecule has 0 atom stereocenters. The van der Waals surface area contributed by atoms with Crippen LogP contribution in [0.3, 0.4) is 0 Å². The summed E-state index contributed by atoms with van der Waals surface area (Å²) in [6, 6.07) is 16.2. The first-order chi connectivity index (χ1) is 15.9. The van der Waals surface area contributed by atoms with Crippen LogP contribution < -0.4 is 10.2 Å². The Balaban J connectivity index is 1.63. The number of nitrogens with zero attached hydrogens (tertiary/aromatic N) is 5. The Bertz CT molecular complexity index is 1260. The number of aromatic nitrogens is 3. The second-order valence-corrected chi connectivity index (χ2v) is 8.33. The van der Waals surface area contributed by atoms with Crippen molar-refractivity contribution in [1.82, 2.24) is 19.3 Å². The number of pyridine rings is 2. The molecule has 1 aromatic carbocycles. The molecule has 33 heavy (non-hydrogen) atoms. The van der Waals surface area contributed by atoms with Gasteiger partial charge in [-0.1, -0.05) is 12.1 Å². The molecule has 0 aliphatic rings. The van der Waals surface area contributed by atoms with Crippen LogP contribution in [-0.2, 0) is 4.79 Å². The molecule has 3 aromatic heterocycles. The number of amides is 1. The van der Waals surface area contributed by atoms with Crippen LogP contribution in [-0.4, -0.2) is 58.9 Å². The van der Waals surface area contributed by atoms with Gasteiger partial charge >= 0.3 is 0 Å². The number of carbonyl (C=O) groups excluding carboxylic acids is 1. The molecule has 0 saturated heterocycles. The fourth-order valence-electron chi connectivity index (χ4n) is 3.86. The topological polar surface area (TPSA) is 65.8 Å². The maximum Gasteiger partial charge on any atom is 0.221 e. The van der Waals surface area contributed by atoms with Crippen molar-refractivity contribution < 1.29 is 4.79 Å². The molecule has 0 radical (unpaired) electrons. The molecule has 1 amide bonds. The van der Waals surface area contributed by atoms with Crippen LogP contribution in [0.15, 0.2) is 67.1 Å². The summed E-state index contributed by atoms with van der Waals surface area (Å²) in [4.78, 5) is 25.1. The zero-order valence-corrected chi connectivity index (χ0v) is 19.6. The molecule has 7 heteroatoms. The number of rotatable bonds is 8. The number of anilines is 2. The molecule has 0 unspecified atom stereocenters. The van der Waals surface area contributed by atoms with Gasteiger partial charge in [-0.3, -0.25) is 9.20 Å². The van der Waals surface area contributed by atoms with E-state index in [4.69, 9.17) is 0 Å². The Hall–Kier alpha value is -3.71. The highest BCUT2D eigenvalue weighted by Crippen LogP contribution is 2.28. The van der Waals surface area contributed by atoms with Crippen molar-refractivity contribution in [1.29, 1.82) is 0 Å². The van der Waals surface area contributed by atoms with E-state index in [1.54, 1.807) is 0 Å². The number of hydrogen-bond donors (Lipinski definition) is 1. The first-order valence-electron chi connectivity index (χ1n) is 11.2. The fraction of sp³-hybridized carbons (Fsp3) is 0.269. The number of benzene rings is 1. The van der Waals surface area contributed by atoms with Crippen molar-refractivity contribution in [3.63, 3.8) is 0 Å². The van der Waals surface area contributed by atoms with E-state index in [1.165, 1.54) is 6.92 Å². The quantitative estimate of drug-likeness (QED) is 0.438. The Morgan fingerprint density at radius 2 is 1.82 bits per heavy atom. The van der Waals surface area contributed by atoms with Crippen LogP contribution in [0.25, 0.3) is 28.0 Å². The normalized spacial score (nSPS) is 11.2. The summed E-state index contributed by atoms with van der Waals surface area (Å²) in [5.74, 6) is 0.894.